The summed E-state index contributed by atoms with van der Waals surface area (Å²) in [5, 5.41) is 12.0. The molecule has 3 unspecified atom stereocenters. The molecule has 0 aromatic carbocycles. The van der Waals surface area contributed by atoms with E-state index in [1.165, 1.54) is 18.4 Å². The summed E-state index contributed by atoms with van der Waals surface area (Å²) in [6.07, 6.45) is 3.10. The second kappa shape index (κ2) is 6.25. The Morgan fingerprint density at radius 1 is 1.16 bits per heavy atom. The number of allylic oxidation sites excluding steroid dienone is 1. The second-order valence-corrected chi connectivity index (χ2v) is 7.26. The molecule has 0 bridgehead atoms. The molecular formula is C16H27ClMgO. The molecule has 3 heteroatoms. The van der Waals surface area contributed by atoms with Crippen LogP contribution in [0.4, 0.5) is 0 Å². The van der Waals surface area contributed by atoms with Crippen molar-refractivity contribution in [3.63, 3.8) is 0 Å². The van der Waals surface area contributed by atoms with Crippen LogP contribution in [0.15, 0.2) is 11.1 Å². The average Bonchev–Trinajstić information content (AvgIpc) is 2.38. The monoisotopic (exact) mass is 294 g/mol. The Kier molecular flexibility index (Phi) is 6.50. The predicted molar refractivity (Wildman–Crippen MR) is 76.3 cm³/mol. The summed E-state index contributed by atoms with van der Waals surface area (Å²) in [5.74, 6) is 0.928. The molecule has 0 aromatic rings. The summed E-state index contributed by atoms with van der Waals surface area (Å²) in [6, 6.07) is 0. The van der Waals surface area contributed by atoms with E-state index in [9.17, 15) is 5.11 Å². The van der Waals surface area contributed by atoms with Gasteiger partial charge in [0.05, 0.1) is 0 Å². The van der Waals surface area contributed by atoms with Gasteiger partial charge in [-0.3, -0.25) is 0 Å². The van der Waals surface area contributed by atoms with Crippen molar-refractivity contribution in [3.05, 3.63) is 11.1 Å². The van der Waals surface area contributed by atoms with Crippen LogP contribution in [0.25, 0.3) is 0 Å². The molecule has 0 radical (unpaired) electrons. The van der Waals surface area contributed by atoms with E-state index in [1.54, 1.807) is 5.57 Å². The van der Waals surface area contributed by atoms with Crippen molar-refractivity contribution >= 4 is 23.1 Å². The molecule has 2 aliphatic rings. The summed E-state index contributed by atoms with van der Waals surface area (Å²) >= 11 is 0. The molecule has 2 rings (SSSR count). The van der Waals surface area contributed by atoms with Gasteiger partial charge in [0.1, 0.15) is 0 Å². The Balaban J connectivity index is 0.00000162. The van der Waals surface area contributed by atoms with E-state index in [2.05, 4.69) is 34.6 Å². The molecule has 0 heterocycles. The molecule has 1 nitrogen and oxygen atoms in total. The van der Waals surface area contributed by atoms with Crippen LogP contribution in [-0.2, 0) is 0 Å². The van der Waals surface area contributed by atoms with Crippen LogP contribution >= 0.6 is 0 Å². The average molecular weight is 295 g/mol. The molecule has 0 N–H and O–H groups in total. The first-order chi connectivity index (χ1) is 7.70. The Morgan fingerprint density at radius 2 is 1.68 bits per heavy atom. The summed E-state index contributed by atoms with van der Waals surface area (Å²) in [6.45, 7) is 13.7. The molecular weight excluding hydrogens is 268 g/mol. The first-order valence-corrected chi connectivity index (χ1v) is 7.10. The van der Waals surface area contributed by atoms with Crippen LogP contribution in [0.3, 0.4) is 0 Å². The summed E-state index contributed by atoms with van der Waals surface area (Å²) in [7, 11) is 0. The summed E-state index contributed by atoms with van der Waals surface area (Å²) < 4.78 is 0. The minimum atomic E-state index is -0.444. The Labute approximate surface area is 141 Å². The van der Waals surface area contributed by atoms with Gasteiger partial charge in [0.2, 0.25) is 0 Å². The Bertz CT molecular complexity index is 358. The molecule has 106 valence electrons. The summed E-state index contributed by atoms with van der Waals surface area (Å²) in [4.78, 5) is 0. The third kappa shape index (κ3) is 2.88. The van der Waals surface area contributed by atoms with E-state index in [1.807, 2.05) is 6.92 Å². The van der Waals surface area contributed by atoms with Crippen LogP contribution < -0.4 is 17.5 Å². The second-order valence-electron chi connectivity index (χ2n) is 7.26. The van der Waals surface area contributed by atoms with E-state index in [0.717, 1.165) is 6.42 Å². The van der Waals surface area contributed by atoms with Gasteiger partial charge in [0.15, 0.2) is 0 Å². The molecule has 0 saturated heterocycles. The minimum Gasteiger partial charge on any atom is -1.00 e. The Morgan fingerprint density at radius 3 is 2.16 bits per heavy atom. The van der Waals surface area contributed by atoms with E-state index in [-0.39, 0.29) is 52.2 Å². The topological polar surface area (TPSA) is 23.1 Å². The molecule has 0 spiro atoms. The van der Waals surface area contributed by atoms with Gasteiger partial charge in [-0.15, -0.1) is 6.10 Å². The Hall–Kier alpha value is 0.756. The number of hydrogen-bond donors (Lipinski definition) is 0. The van der Waals surface area contributed by atoms with Crippen molar-refractivity contribution in [1.29, 1.82) is 0 Å². The quantitative estimate of drug-likeness (QED) is 0.499. The van der Waals surface area contributed by atoms with Gasteiger partial charge >= 0.3 is 23.1 Å². The fourth-order valence-corrected chi connectivity index (χ4v) is 4.40. The zero-order chi connectivity index (χ0) is 13.0. The van der Waals surface area contributed by atoms with Crippen molar-refractivity contribution in [1.82, 2.24) is 0 Å². The first kappa shape index (κ1) is 19.8. The maximum atomic E-state index is 12.0. The zero-order valence-corrected chi connectivity index (χ0v) is 15.5. The molecule has 0 saturated carbocycles. The standard InChI is InChI=1S/C16H27O.ClH.Mg/c1-10(17)12-8-7-9-13-14(12)16(5,6)11(2)15(13,3)4;;/h10-12H,7-9H2,1-6H3;1H;/q-1;;+2/p-1. The van der Waals surface area contributed by atoms with Crippen LogP contribution in [0.5, 0.6) is 0 Å². The van der Waals surface area contributed by atoms with Gasteiger partial charge in [-0.2, -0.15) is 0 Å². The molecule has 0 amide bonds. The number of halogens is 1. The van der Waals surface area contributed by atoms with Crippen LogP contribution in [0, 0.1) is 22.7 Å². The van der Waals surface area contributed by atoms with Crippen molar-refractivity contribution in [3.8, 4) is 0 Å². The largest absolute Gasteiger partial charge is 2.00 e. The molecule has 19 heavy (non-hydrogen) atoms. The fraction of sp³-hybridized carbons (Fsp3) is 0.875. The van der Waals surface area contributed by atoms with Gasteiger partial charge in [-0.25, -0.2) is 0 Å². The van der Waals surface area contributed by atoms with Crippen molar-refractivity contribution < 1.29 is 17.5 Å². The third-order valence-corrected chi connectivity index (χ3v) is 5.84. The SMILES string of the molecule is CC([O-])C1CCCC2=C1C(C)(C)C(C)C2(C)C.[Cl-].[Mg+2]. The van der Waals surface area contributed by atoms with E-state index < -0.39 is 6.10 Å². The molecule has 0 aromatic heterocycles. The molecule has 2 aliphatic carbocycles. The first-order valence-electron chi connectivity index (χ1n) is 7.10. The summed E-state index contributed by atoms with van der Waals surface area (Å²) in [5.41, 5.74) is 3.65. The predicted octanol–water partition coefficient (Wildman–Crippen LogP) is 0.157. The van der Waals surface area contributed by atoms with E-state index >= 15 is 0 Å². The van der Waals surface area contributed by atoms with Crippen LogP contribution in [0.2, 0.25) is 0 Å². The maximum absolute atomic E-state index is 12.0. The molecule has 0 aliphatic heterocycles. The van der Waals surface area contributed by atoms with Gasteiger partial charge in [0.25, 0.3) is 0 Å². The van der Waals surface area contributed by atoms with Crippen molar-refractivity contribution in [2.45, 2.75) is 66.9 Å². The third-order valence-electron chi connectivity index (χ3n) is 5.84. The molecule has 0 fully saturated rings. The molecule has 3 atom stereocenters. The van der Waals surface area contributed by atoms with Crippen LogP contribution in [0.1, 0.15) is 60.8 Å². The fourth-order valence-electron chi connectivity index (χ4n) is 4.40. The van der Waals surface area contributed by atoms with Gasteiger partial charge in [0, 0.05) is 0 Å². The number of hydrogen-bond acceptors (Lipinski definition) is 1. The van der Waals surface area contributed by atoms with E-state index in [0.29, 0.717) is 5.92 Å². The minimum absolute atomic E-state index is 0. The van der Waals surface area contributed by atoms with Gasteiger partial charge in [-0.1, -0.05) is 52.7 Å². The van der Waals surface area contributed by atoms with Gasteiger partial charge < -0.3 is 17.5 Å². The maximum Gasteiger partial charge on any atom is 2.00 e. The number of rotatable bonds is 1. The van der Waals surface area contributed by atoms with E-state index in [4.69, 9.17) is 0 Å². The van der Waals surface area contributed by atoms with Crippen LogP contribution in [-0.4, -0.2) is 29.2 Å². The zero-order valence-electron chi connectivity index (χ0n) is 13.3. The van der Waals surface area contributed by atoms with Crippen molar-refractivity contribution in [2.24, 2.45) is 22.7 Å². The van der Waals surface area contributed by atoms with Crippen molar-refractivity contribution in [2.75, 3.05) is 0 Å². The normalized spacial score (nSPS) is 33.0. The van der Waals surface area contributed by atoms with Gasteiger partial charge in [-0.05, 0) is 41.9 Å². The smallest absolute Gasteiger partial charge is 1.00 e.